The molecule has 0 spiro atoms. The summed E-state index contributed by atoms with van der Waals surface area (Å²) >= 11 is 6.43. The number of para-hydroxylation sites is 1. The molecule has 0 saturated heterocycles. The van der Waals surface area contributed by atoms with Crippen LogP contribution in [-0.4, -0.2) is 10.2 Å². The molecule has 0 bridgehead atoms. The highest BCUT2D eigenvalue weighted by atomic mass is 79.9. The molecule has 0 fully saturated rings. The van der Waals surface area contributed by atoms with E-state index >= 15 is 0 Å². The van der Waals surface area contributed by atoms with Gasteiger partial charge in [0, 0.05) is 5.56 Å². The summed E-state index contributed by atoms with van der Waals surface area (Å²) in [6.07, 6.45) is 0. The molecule has 4 heteroatoms. The van der Waals surface area contributed by atoms with Crippen LogP contribution in [0.25, 0.3) is 0 Å². The molecule has 0 atom stereocenters. The molecule has 0 aliphatic rings. The number of alkyl halides is 2. The second-order valence-corrected chi connectivity index (χ2v) is 5.08. The van der Waals surface area contributed by atoms with E-state index in [1.165, 1.54) is 6.07 Å². The number of halogens is 2. The van der Waals surface area contributed by atoms with E-state index in [1.54, 1.807) is 12.1 Å². The maximum Gasteiger partial charge on any atom is 0.162 e. The smallest absolute Gasteiger partial charge is 0.162 e. The molecule has 0 unspecified atom stereocenters. The molecule has 0 aliphatic carbocycles. The summed E-state index contributed by atoms with van der Waals surface area (Å²) in [6, 6.07) is 4.81. The van der Waals surface area contributed by atoms with Gasteiger partial charge in [-0.3, -0.25) is 0 Å². The van der Waals surface area contributed by atoms with Crippen molar-refractivity contribution in [3.8, 4) is 11.5 Å². The minimum absolute atomic E-state index is 0.0914. The normalized spacial score (nSPS) is 10.5. The fourth-order valence-electron chi connectivity index (χ4n) is 0.725. The number of benzene rings is 1. The van der Waals surface area contributed by atoms with Crippen molar-refractivity contribution in [2.24, 2.45) is 0 Å². The standard InChI is InChI=1S/C7H6Br2O2/c8-7(9)4-2-1-3-5(10)6(4)11/h1-3,7,10-11H. The van der Waals surface area contributed by atoms with Gasteiger partial charge in [-0.05, 0) is 6.07 Å². The molecule has 0 amide bonds. The summed E-state index contributed by atoms with van der Waals surface area (Å²) in [7, 11) is 0. The average molecular weight is 282 g/mol. The summed E-state index contributed by atoms with van der Waals surface area (Å²) in [5.41, 5.74) is 0.616. The lowest BCUT2D eigenvalue weighted by molar-refractivity contribution is 0.401. The van der Waals surface area contributed by atoms with Gasteiger partial charge in [-0.15, -0.1) is 0 Å². The van der Waals surface area contributed by atoms with Gasteiger partial charge in [0.05, 0.1) is 3.74 Å². The molecule has 0 radical (unpaired) electrons. The maximum absolute atomic E-state index is 9.26. The van der Waals surface area contributed by atoms with Crippen molar-refractivity contribution < 1.29 is 10.2 Å². The SMILES string of the molecule is Oc1cccc(C(Br)Br)c1O. The van der Waals surface area contributed by atoms with Gasteiger partial charge in [-0.25, -0.2) is 0 Å². The third kappa shape index (κ3) is 1.87. The highest BCUT2D eigenvalue weighted by Crippen LogP contribution is 2.39. The predicted molar refractivity (Wildman–Crippen MR) is 50.4 cm³/mol. The molecule has 0 saturated carbocycles. The molecule has 2 N–H and O–H groups in total. The van der Waals surface area contributed by atoms with E-state index in [9.17, 15) is 5.11 Å². The molecule has 0 aliphatic heterocycles. The third-order valence-electron chi connectivity index (χ3n) is 1.28. The molecular weight excluding hydrogens is 276 g/mol. The lowest BCUT2D eigenvalue weighted by atomic mass is 10.2. The minimum Gasteiger partial charge on any atom is -0.504 e. The number of hydrogen-bond donors (Lipinski definition) is 2. The highest BCUT2D eigenvalue weighted by Gasteiger charge is 2.10. The Balaban J connectivity index is 3.17. The van der Waals surface area contributed by atoms with Crippen molar-refractivity contribution in [2.75, 3.05) is 0 Å². The maximum atomic E-state index is 9.26. The van der Waals surface area contributed by atoms with Gasteiger partial charge in [0.2, 0.25) is 0 Å². The zero-order chi connectivity index (χ0) is 8.43. The van der Waals surface area contributed by atoms with Crippen LogP contribution >= 0.6 is 31.9 Å². The first-order valence-corrected chi connectivity index (χ1v) is 4.75. The summed E-state index contributed by atoms with van der Waals surface area (Å²) in [4.78, 5) is 0. The largest absolute Gasteiger partial charge is 0.504 e. The van der Waals surface area contributed by atoms with Gasteiger partial charge in [0.25, 0.3) is 0 Å². The van der Waals surface area contributed by atoms with Crippen LogP contribution in [-0.2, 0) is 0 Å². The van der Waals surface area contributed by atoms with Crippen LogP contribution in [0.15, 0.2) is 18.2 Å². The minimum atomic E-state index is -0.137. The van der Waals surface area contributed by atoms with E-state index in [2.05, 4.69) is 31.9 Å². The molecule has 1 aromatic carbocycles. The van der Waals surface area contributed by atoms with Gasteiger partial charge in [0.15, 0.2) is 11.5 Å². The van der Waals surface area contributed by atoms with E-state index in [0.29, 0.717) is 5.56 Å². The summed E-state index contributed by atoms with van der Waals surface area (Å²) < 4.78 is -0.137. The van der Waals surface area contributed by atoms with Crippen LogP contribution in [0.4, 0.5) is 0 Å². The van der Waals surface area contributed by atoms with Gasteiger partial charge in [-0.2, -0.15) is 0 Å². The number of aromatic hydroxyl groups is 2. The first kappa shape index (κ1) is 8.87. The zero-order valence-electron chi connectivity index (χ0n) is 5.46. The second-order valence-electron chi connectivity index (χ2n) is 2.02. The lowest BCUT2D eigenvalue weighted by Crippen LogP contribution is -1.81. The second kappa shape index (κ2) is 3.45. The van der Waals surface area contributed by atoms with E-state index in [-0.39, 0.29) is 15.2 Å². The van der Waals surface area contributed by atoms with Gasteiger partial charge in [-0.1, -0.05) is 44.0 Å². The van der Waals surface area contributed by atoms with Crippen LogP contribution in [0.1, 0.15) is 9.30 Å². The van der Waals surface area contributed by atoms with Gasteiger partial charge >= 0.3 is 0 Å². The van der Waals surface area contributed by atoms with Crippen LogP contribution in [0.5, 0.6) is 11.5 Å². The third-order valence-corrected chi connectivity index (χ3v) is 2.27. The van der Waals surface area contributed by atoms with E-state index < -0.39 is 0 Å². The van der Waals surface area contributed by atoms with Crippen molar-refractivity contribution in [1.82, 2.24) is 0 Å². The van der Waals surface area contributed by atoms with Crippen molar-refractivity contribution in [3.05, 3.63) is 23.8 Å². The van der Waals surface area contributed by atoms with Crippen molar-refractivity contribution >= 4 is 31.9 Å². The van der Waals surface area contributed by atoms with E-state index in [1.807, 2.05) is 0 Å². The molecule has 11 heavy (non-hydrogen) atoms. The van der Waals surface area contributed by atoms with E-state index in [0.717, 1.165) is 0 Å². The number of phenols is 2. The van der Waals surface area contributed by atoms with Crippen molar-refractivity contribution in [2.45, 2.75) is 3.74 Å². The predicted octanol–water partition coefficient (Wildman–Crippen LogP) is 2.89. The first-order valence-electron chi connectivity index (χ1n) is 2.92. The highest BCUT2D eigenvalue weighted by molar-refractivity contribution is 9.24. The monoisotopic (exact) mass is 280 g/mol. The Morgan fingerprint density at radius 3 is 2.27 bits per heavy atom. The Morgan fingerprint density at radius 1 is 1.18 bits per heavy atom. The number of hydrogen-bond acceptors (Lipinski definition) is 2. The molecule has 2 nitrogen and oxygen atoms in total. The lowest BCUT2D eigenvalue weighted by Gasteiger charge is -2.05. The number of phenolic OH excluding ortho intramolecular Hbond substituents is 2. The topological polar surface area (TPSA) is 40.5 Å². The number of rotatable bonds is 1. The Hall–Kier alpha value is -0.220. The Labute approximate surface area is 81.1 Å². The van der Waals surface area contributed by atoms with Crippen LogP contribution in [0, 0.1) is 0 Å². The average Bonchev–Trinajstić information content (AvgIpc) is 1.94. The summed E-state index contributed by atoms with van der Waals surface area (Å²) in [5, 5.41) is 18.3. The fourth-order valence-corrected chi connectivity index (χ4v) is 1.46. The molecule has 0 heterocycles. The Kier molecular flexibility index (Phi) is 2.78. The van der Waals surface area contributed by atoms with Crippen LogP contribution in [0.3, 0.4) is 0 Å². The van der Waals surface area contributed by atoms with E-state index in [4.69, 9.17) is 5.11 Å². The molecule has 1 rings (SSSR count). The quantitative estimate of drug-likeness (QED) is 0.614. The molecular formula is C7H6Br2O2. The van der Waals surface area contributed by atoms with Crippen molar-refractivity contribution in [3.63, 3.8) is 0 Å². The molecule has 1 aromatic rings. The van der Waals surface area contributed by atoms with Crippen LogP contribution in [0.2, 0.25) is 0 Å². The van der Waals surface area contributed by atoms with Gasteiger partial charge in [0.1, 0.15) is 0 Å². The Morgan fingerprint density at radius 2 is 1.82 bits per heavy atom. The molecule has 0 aromatic heterocycles. The Bertz CT molecular complexity index is 261. The van der Waals surface area contributed by atoms with Gasteiger partial charge < -0.3 is 10.2 Å². The van der Waals surface area contributed by atoms with Crippen LogP contribution < -0.4 is 0 Å². The van der Waals surface area contributed by atoms with Crippen molar-refractivity contribution in [1.29, 1.82) is 0 Å². The first-order chi connectivity index (χ1) is 5.13. The summed E-state index contributed by atoms with van der Waals surface area (Å²) in [5.74, 6) is -0.197. The fraction of sp³-hybridized carbons (Fsp3) is 0.143. The summed E-state index contributed by atoms with van der Waals surface area (Å²) in [6.45, 7) is 0. The zero-order valence-corrected chi connectivity index (χ0v) is 8.63. The molecule has 60 valence electrons.